The Morgan fingerprint density at radius 1 is 1.03 bits per heavy atom. The number of piperidine rings is 1. The zero-order valence-corrected chi connectivity index (χ0v) is 18.1. The lowest BCUT2D eigenvalue weighted by Crippen LogP contribution is -2.34. The molecule has 1 aliphatic carbocycles. The lowest BCUT2D eigenvalue weighted by atomic mass is 9.97. The molecule has 3 aromatic rings. The summed E-state index contributed by atoms with van der Waals surface area (Å²) in [5.74, 6) is -1.95. The highest BCUT2D eigenvalue weighted by Gasteiger charge is 2.33. The van der Waals surface area contributed by atoms with Gasteiger partial charge in [-0.1, -0.05) is 18.2 Å². The molecule has 2 aromatic heterocycles. The molecule has 2 aliphatic rings. The molecule has 1 saturated carbocycles. The Hall–Kier alpha value is -3.27. The van der Waals surface area contributed by atoms with Crippen LogP contribution in [0.3, 0.4) is 0 Å². The van der Waals surface area contributed by atoms with E-state index in [1.165, 1.54) is 12.8 Å². The normalized spacial score (nSPS) is 17.3. The number of aliphatic carboxylic acids is 2. The van der Waals surface area contributed by atoms with Crippen molar-refractivity contribution in [2.45, 2.75) is 57.5 Å². The number of hydrogen-bond donors (Lipinski definition) is 2. The maximum absolute atomic E-state index is 9.10. The first-order chi connectivity index (χ1) is 15.3. The molecule has 3 heterocycles. The number of hydrogen-bond acceptors (Lipinski definition) is 7. The van der Waals surface area contributed by atoms with Crippen LogP contribution in [0.5, 0.6) is 0 Å². The minimum atomic E-state index is -1.82. The number of nitrogens with zero attached hydrogens (tertiary/aromatic N) is 5. The average Bonchev–Trinajstić information content (AvgIpc) is 3.38. The van der Waals surface area contributed by atoms with E-state index in [2.05, 4.69) is 41.1 Å². The van der Waals surface area contributed by atoms with Crippen LogP contribution in [0.15, 0.2) is 28.7 Å². The molecular formula is C22H27N5O5. The number of carboxylic acid groups (broad SMARTS) is 2. The Labute approximate surface area is 184 Å². The summed E-state index contributed by atoms with van der Waals surface area (Å²) in [6, 6.07) is 9.37. The summed E-state index contributed by atoms with van der Waals surface area (Å²) in [5, 5.41) is 29.3. The maximum atomic E-state index is 9.10. The van der Waals surface area contributed by atoms with Gasteiger partial charge in [-0.15, -0.1) is 10.2 Å². The van der Waals surface area contributed by atoms with E-state index in [0.29, 0.717) is 11.8 Å². The first-order valence-corrected chi connectivity index (χ1v) is 10.9. The van der Waals surface area contributed by atoms with Crippen molar-refractivity contribution < 1.29 is 24.2 Å². The highest BCUT2D eigenvalue weighted by atomic mass is 16.4. The van der Waals surface area contributed by atoms with Crippen LogP contribution in [-0.4, -0.2) is 66.2 Å². The Kier molecular flexibility index (Phi) is 6.22. The van der Waals surface area contributed by atoms with Gasteiger partial charge < -0.3 is 19.5 Å². The van der Waals surface area contributed by atoms with Gasteiger partial charge in [0.25, 0.3) is 5.89 Å². The molecule has 1 aromatic carbocycles. The first-order valence-electron chi connectivity index (χ1n) is 10.9. The van der Waals surface area contributed by atoms with Gasteiger partial charge >= 0.3 is 11.9 Å². The molecule has 0 atom stereocenters. The monoisotopic (exact) mass is 441 g/mol. The minimum Gasteiger partial charge on any atom is -0.473 e. The van der Waals surface area contributed by atoms with Crippen molar-refractivity contribution in [2.75, 3.05) is 13.1 Å². The minimum absolute atomic E-state index is 0.280. The summed E-state index contributed by atoms with van der Waals surface area (Å²) >= 11 is 0. The second kappa shape index (κ2) is 9.07. The number of para-hydroxylation sites is 1. The molecule has 0 bridgehead atoms. The molecular weight excluding hydrogens is 414 g/mol. The van der Waals surface area contributed by atoms with Gasteiger partial charge in [0, 0.05) is 23.4 Å². The van der Waals surface area contributed by atoms with E-state index < -0.39 is 11.9 Å². The number of aromatic nitrogens is 4. The Balaban J connectivity index is 0.000000363. The SMILES string of the molecule is CC(C)n1nc(-c2nnc(C3CCN(C4CC4)CC3)o2)c2ccccc21.O=C(O)C(=O)O. The number of fused-ring (bicyclic) bond motifs is 1. The Morgan fingerprint density at radius 2 is 1.69 bits per heavy atom. The molecule has 0 spiro atoms. The van der Waals surface area contributed by atoms with Crippen LogP contribution in [0.25, 0.3) is 22.5 Å². The van der Waals surface area contributed by atoms with E-state index >= 15 is 0 Å². The number of carbonyl (C=O) groups is 2. The summed E-state index contributed by atoms with van der Waals surface area (Å²) < 4.78 is 8.14. The zero-order valence-electron chi connectivity index (χ0n) is 18.1. The fraction of sp³-hybridized carbons (Fsp3) is 0.500. The fourth-order valence-corrected chi connectivity index (χ4v) is 4.09. The predicted octanol–water partition coefficient (Wildman–Crippen LogP) is 3.16. The number of likely N-dealkylation sites (tertiary alicyclic amines) is 1. The average molecular weight is 441 g/mol. The molecule has 2 fully saturated rings. The smallest absolute Gasteiger partial charge is 0.414 e. The molecule has 10 heteroatoms. The largest absolute Gasteiger partial charge is 0.473 e. The fourth-order valence-electron chi connectivity index (χ4n) is 4.09. The van der Waals surface area contributed by atoms with Gasteiger partial charge in [0.2, 0.25) is 5.89 Å². The molecule has 0 radical (unpaired) electrons. The van der Waals surface area contributed by atoms with E-state index in [0.717, 1.165) is 54.5 Å². The van der Waals surface area contributed by atoms with Crippen LogP contribution in [0.2, 0.25) is 0 Å². The van der Waals surface area contributed by atoms with Crippen LogP contribution < -0.4 is 0 Å². The van der Waals surface area contributed by atoms with Gasteiger partial charge in [-0.25, -0.2) is 9.59 Å². The highest BCUT2D eigenvalue weighted by molar-refractivity contribution is 6.27. The van der Waals surface area contributed by atoms with Gasteiger partial charge in [-0.3, -0.25) is 4.68 Å². The predicted molar refractivity (Wildman–Crippen MR) is 115 cm³/mol. The van der Waals surface area contributed by atoms with E-state index in [4.69, 9.17) is 29.3 Å². The van der Waals surface area contributed by atoms with Crippen LogP contribution in [-0.2, 0) is 9.59 Å². The topological polar surface area (TPSA) is 135 Å². The van der Waals surface area contributed by atoms with E-state index in [9.17, 15) is 0 Å². The van der Waals surface area contributed by atoms with Gasteiger partial charge in [-0.05, 0) is 58.7 Å². The van der Waals surface area contributed by atoms with Crippen molar-refractivity contribution in [3.8, 4) is 11.6 Å². The number of rotatable bonds is 4. The molecule has 0 unspecified atom stereocenters. The zero-order chi connectivity index (χ0) is 22.8. The molecule has 0 amide bonds. The lowest BCUT2D eigenvalue weighted by Gasteiger charge is -2.30. The van der Waals surface area contributed by atoms with E-state index in [-0.39, 0.29) is 6.04 Å². The van der Waals surface area contributed by atoms with Crippen LogP contribution in [0.4, 0.5) is 0 Å². The Morgan fingerprint density at radius 3 is 2.28 bits per heavy atom. The molecule has 1 aliphatic heterocycles. The van der Waals surface area contributed by atoms with Crippen molar-refractivity contribution in [1.29, 1.82) is 0 Å². The number of carboxylic acids is 2. The standard InChI is InChI=1S/C20H25N5O.C2H2O4/c1-13(2)25-17-6-4-3-5-16(17)18(23-25)20-22-21-19(26-20)14-9-11-24(12-10-14)15-7-8-15;3-1(4)2(5)6/h3-6,13-15H,7-12H2,1-2H3;(H,3,4)(H,5,6). The third-order valence-corrected chi connectivity index (χ3v) is 5.87. The quantitative estimate of drug-likeness (QED) is 0.585. The summed E-state index contributed by atoms with van der Waals surface area (Å²) in [7, 11) is 0. The van der Waals surface area contributed by atoms with Gasteiger partial charge in [-0.2, -0.15) is 5.10 Å². The molecule has 1 saturated heterocycles. The maximum Gasteiger partial charge on any atom is 0.414 e. The van der Waals surface area contributed by atoms with Crippen LogP contribution in [0.1, 0.15) is 57.4 Å². The van der Waals surface area contributed by atoms with Crippen molar-refractivity contribution in [3.63, 3.8) is 0 Å². The number of benzene rings is 1. The van der Waals surface area contributed by atoms with E-state index in [1.807, 2.05) is 16.8 Å². The first kappa shape index (κ1) is 21.9. The van der Waals surface area contributed by atoms with Crippen molar-refractivity contribution in [2.24, 2.45) is 0 Å². The van der Waals surface area contributed by atoms with Gasteiger partial charge in [0.15, 0.2) is 5.69 Å². The molecule has 32 heavy (non-hydrogen) atoms. The molecule has 10 nitrogen and oxygen atoms in total. The second-order valence-electron chi connectivity index (χ2n) is 8.50. The lowest BCUT2D eigenvalue weighted by molar-refractivity contribution is -0.159. The third kappa shape index (κ3) is 4.64. The summed E-state index contributed by atoms with van der Waals surface area (Å²) in [6.07, 6.45) is 4.97. The van der Waals surface area contributed by atoms with Gasteiger partial charge in [0.05, 0.1) is 5.52 Å². The Bertz CT molecular complexity index is 1100. The second-order valence-corrected chi connectivity index (χ2v) is 8.50. The molecule has 170 valence electrons. The molecule has 5 rings (SSSR count). The summed E-state index contributed by atoms with van der Waals surface area (Å²) in [6.45, 7) is 6.57. The van der Waals surface area contributed by atoms with Crippen molar-refractivity contribution in [1.82, 2.24) is 24.9 Å². The van der Waals surface area contributed by atoms with E-state index in [1.54, 1.807) is 0 Å². The third-order valence-electron chi connectivity index (χ3n) is 5.87. The summed E-state index contributed by atoms with van der Waals surface area (Å²) in [5.41, 5.74) is 1.90. The van der Waals surface area contributed by atoms with Crippen molar-refractivity contribution >= 4 is 22.8 Å². The highest BCUT2D eigenvalue weighted by Crippen LogP contribution is 2.35. The van der Waals surface area contributed by atoms with Crippen LogP contribution >= 0.6 is 0 Å². The van der Waals surface area contributed by atoms with Crippen LogP contribution in [0, 0.1) is 0 Å². The van der Waals surface area contributed by atoms with Gasteiger partial charge in [0.1, 0.15) is 0 Å². The molecule has 2 N–H and O–H groups in total. The summed E-state index contributed by atoms with van der Waals surface area (Å²) in [4.78, 5) is 20.8. The van der Waals surface area contributed by atoms with Crippen molar-refractivity contribution in [3.05, 3.63) is 30.2 Å².